The molecule has 0 aliphatic heterocycles. The first-order valence-electron chi connectivity index (χ1n) is 5.76. The molecule has 0 fully saturated rings. The van der Waals surface area contributed by atoms with Crippen molar-refractivity contribution in [3.63, 3.8) is 0 Å². The number of hydrogen-bond acceptors (Lipinski definition) is 2. The fourth-order valence-electron chi connectivity index (χ4n) is 1.51. The molecule has 2 N–H and O–H groups in total. The maximum absolute atomic E-state index is 11.6. The predicted octanol–water partition coefficient (Wildman–Crippen LogP) is 1.69. The largest absolute Gasteiger partial charge is 0.355 e. The Morgan fingerprint density at radius 2 is 1.94 bits per heavy atom. The van der Waals surface area contributed by atoms with Gasteiger partial charge in [-0.15, -0.1) is 12.4 Å². The van der Waals surface area contributed by atoms with E-state index in [1.54, 1.807) is 0 Å². The second kappa shape index (κ2) is 9.02. The second-order valence-corrected chi connectivity index (χ2v) is 3.81. The fourth-order valence-corrected chi connectivity index (χ4v) is 1.51. The molecular weight excluding hydrogens is 236 g/mol. The van der Waals surface area contributed by atoms with E-state index in [1.165, 1.54) is 5.56 Å². The summed E-state index contributed by atoms with van der Waals surface area (Å²) in [7, 11) is 0. The summed E-state index contributed by atoms with van der Waals surface area (Å²) < 4.78 is 0. The van der Waals surface area contributed by atoms with Crippen LogP contribution in [0.5, 0.6) is 0 Å². The van der Waals surface area contributed by atoms with E-state index in [1.807, 2.05) is 31.2 Å². The molecule has 0 saturated carbocycles. The van der Waals surface area contributed by atoms with E-state index in [-0.39, 0.29) is 18.3 Å². The van der Waals surface area contributed by atoms with E-state index in [0.29, 0.717) is 13.0 Å². The highest BCUT2D eigenvalue weighted by atomic mass is 35.5. The minimum absolute atomic E-state index is 0. The van der Waals surface area contributed by atoms with Gasteiger partial charge in [0.15, 0.2) is 0 Å². The van der Waals surface area contributed by atoms with E-state index in [2.05, 4.69) is 17.6 Å². The monoisotopic (exact) mass is 256 g/mol. The molecule has 0 saturated heterocycles. The maximum atomic E-state index is 11.6. The zero-order chi connectivity index (χ0) is 11.8. The van der Waals surface area contributed by atoms with Crippen molar-refractivity contribution in [2.45, 2.75) is 20.3 Å². The average molecular weight is 257 g/mol. The lowest BCUT2D eigenvalue weighted by atomic mass is 10.1. The summed E-state index contributed by atoms with van der Waals surface area (Å²) in [5, 5.41) is 6.06. The highest BCUT2D eigenvalue weighted by Crippen LogP contribution is 2.07. The fraction of sp³-hybridized carbons (Fsp3) is 0.462. The number of carbonyl (C=O) groups is 1. The van der Waals surface area contributed by atoms with Gasteiger partial charge in [0.2, 0.25) is 5.91 Å². The number of amides is 1. The average Bonchev–Trinajstić information content (AvgIpc) is 2.28. The summed E-state index contributed by atoms with van der Waals surface area (Å²) in [4.78, 5) is 11.6. The summed E-state index contributed by atoms with van der Waals surface area (Å²) in [6, 6.07) is 7.98. The zero-order valence-electron chi connectivity index (χ0n) is 10.5. The lowest BCUT2D eigenvalue weighted by molar-refractivity contribution is -0.120. The minimum atomic E-state index is 0. The normalized spacial score (nSPS) is 9.53. The van der Waals surface area contributed by atoms with Gasteiger partial charge in [0.05, 0.1) is 6.42 Å². The van der Waals surface area contributed by atoms with Crippen LogP contribution in [0.1, 0.15) is 18.1 Å². The molecule has 4 heteroatoms. The number of nitrogens with one attached hydrogen (secondary N) is 2. The Bertz CT molecular complexity index is 342. The van der Waals surface area contributed by atoms with Gasteiger partial charge >= 0.3 is 0 Å². The van der Waals surface area contributed by atoms with E-state index in [4.69, 9.17) is 0 Å². The van der Waals surface area contributed by atoms with E-state index in [9.17, 15) is 4.79 Å². The van der Waals surface area contributed by atoms with Crippen LogP contribution in [-0.4, -0.2) is 25.5 Å². The van der Waals surface area contributed by atoms with Crippen molar-refractivity contribution in [1.82, 2.24) is 10.6 Å². The molecular formula is C13H21ClN2O. The lowest BCUT2D eigenvalue weighted by Crippen LogP contribution is -2.32. The third-order valence-electron chi connectivity index (χ3n) is 2.49. The van der Waals surface area contributed by atoms with Gasteiger partial charge in [-0.05, 0) is 24.6 Å². The molecule has 17 heavy (non-hydrogen) atoms. The Morgan fingerprint density at radius 1 is 1.24 bits per heavy atom. The van der Waals surface area contributed by atoms with Gasteiger partial charge < -0.3 is 10.6 Å². The van der Waals surface area contributed by atoms with Gasteiger partial charge in [0, 0.05) is 13.1 Å². The molecule has 96 valence electrons. The summed E-state index contributed by atoms with van der Waals surface area (Å²) >= 11 is 0. The topological polar surface area (TPSA) is 41.1 Å². The van der Waals surface area contributed by atoms with Crippen LogP contribution >= 0.6 is 12.4 Å². The molecule has 0 radical (unpaired) electrons. The van der Waals surface area contributed by atoms with Crippen molar-refractivity contribution < 1.29 is 4.79 Å². The molecule has 1 aromatic carbocycles. The summed E-state index contributed by atoms with van der Waals surface area (Å²) in [5.74, 6) is 0.0900. The Labute approximate surface area is 109 Å². The minimum Gasteiger partial charge on any atom is -0.355 e. The highest BCUT2D eigenvalue weighted by molar-refractivity contribution is 5.85. The van der Waals surface area contributed by atoms with Gasteiger partial charge in [-0.2, -0.15) is 0 Å². The molecule has 0 aliphatic rings. The van der Waals surface area contributed by atoms with Crippen molar-refractivity contribution in [2.75, 3.05) is 19.6 Å². The number of likely N-dealkylation sites (N-methyl/N-ethyl adjacent to an activating group) is 1. The molecule has 0 unspecified atom stereocenters. The van der Waals surface area contributed by atoms with E-state index < -0.39 is 0 Å². The van der Waals surface area contributed by atoms with E-state index in [0.717, 1.165) is 18.7 Å². The number of aryl methyl sites for hydroxylation is 1. The van der Waals surface area contributed by atoms with Crippen LogP contribution < -0.4 is 10.6 Å². The van der Waals surface area contributed by atoms with Crippen LogP contribution in [-0.2, 0) is 11.2 Å². The van der Waals surface area contributed by atoms with Crippen LogP contribution in [0.4, 0.5) is 0 Å². The van der Waals surface area contributed by atoms with Gasteiger partial charge in [-0.1, -0.05) is 31.2 Å². The Kier molecular flexibility index (Phi) is 8.46. The number of carbonyl (C=O) groups excluding carboxylic acids is 1. The molecule has 0 aliphatic carbocycles. The van der Waals surface area contributed by atoms with Gasteiger partial charge in [0.25, 0.3) is 0 Å². The summed E-state index contributed by atoms with van der Waals surface area (Å²) in [6.45, 7) is 6.54. The Balaban J connectivity index is 0.00000256. The van der Waals surface area contributed by atoms with Crippen molar-refractivity contribution in [2.24, 2.45) is 0 Å². The standard InChI is InChI=1S/C13H20N2O.ClH/c1-3-14-8-9-15-13(16)10-12-7-5-4-6-11(12)2;/h4-7,14H,3,8-10H2,1-2H3,(H,15,16);1H. The van der Waals surface area contributed by atoms with Crippen LogP contribution in [0.2, 0.25) is 0 Å². The molecule has 1 rings (SSSR count). The molecule has 0 heterocycles. The van der Waals surface area contributed by atoms with Crippen LogP contribution in [0.25, 0.3) is 0 Å². The van der Waals surface area contributed by atoms with Crippen LogP contribution in [0, 0.1) is 6.92 Å². The van der Waals surface area contributed by atoms with Crippen LogP contribution in [0.15, 0.2) is 24.3 Å². The number of benzene rings is 1. The first kappa shape index (κ1) is 15.9. The third-order valence-corrected chi connectivity index (χ3v) is 2.49. The number of rotatable bonds is 6. The molecule has 0 bridgehead atoms. The van der Waals surface area contributed by atoms with Crippen molar-refractivity contribution in [3.05, 3.63) is 35.4 Å². The SMILES string of the molecule is CCNCCNC(=O)Cc1ccccc1C.Cl. The quantitative estimate of drug-likeness (QED) is 0.761. The molecule has 0 atom stereocenters. The number of halogens is 1. The predicted molar refractivity (Wildman–Crippen MR) is 73.7 cm³/mol. The number of hydrogen-bond donors (Lipinski definition) is 2. The van der Waals surface area contributed by atoms with Crippen LogP contribution in [0.3, 0.4) is 0 Å². The zero-order valence-corrected chi connectivity index (χ0v) is 11.3. The molecule has 0 aromatic heterocycles. The lowest BCUT2D eigenvalue weighted by Gasteiger charge is -2.07. The summed E-state index contributed by atoms with van der Waals surface area (Å²) in [5.41, 5.74) is 2.27. The van der Waals surface area contributed by atoms with Gasteiger partial charge in [-0.25, -0.2) is 0 Å². The van der Waals surface area contributed by atoms with Crippen molar-refractivity contribution in [1.29, 1.82) is 0 Å². The maximum Gasteiger partial charge on any atom is 0.224 e. The Morgan fingerprint density at radius 3 is 2.59 bits per heavy atom. The third kappa shape index (κ3) is 6.29. The highest BCUT2D eigenvalue weighted by Gasteiger charge is 2.04. The van der Waals surface area contributed by atoms with Gasteiger partial charge in [0.1, 0.15) is 0 Å². The second-order valence-electron chi connectivity index (χ2n) is 3.81. The smallest absolute Gasteiger partial charge is 0.224 e. The first-order valence-corrected chi connectivity index (χ1v) is 5.76. The van der Waals surface area contributed by atoms with Crippen molar-refractivity contribution >= 4 is 18.3 Å². The van der Waals surface area contributed by atoms with Gasteiger partial charge in [-0.3, -0.25) is 4.79 Å². The molecule has 0 spiro atoms. The van der Waals surface area contributed by atoms with E-state index >= 15 is 0 Å². The molecule has 3 nitrogen and oxygen atoms in total. The first-order chi connectivity index (χ1) is 7.74. The summed E-state index contributed by atoms with van der Waals surface area (Å²) in [6.07, 6.45) is 0.471. The van der Waals surface area contributed by atoms with Crippen molar-refractivity contribution in [3.8, 4) is 0 Å². The molecule has 1 aromatic rings. The Hall–Kier alpha value is -1.06. The molecule has 1 amide bonds.